The minimum Gasteiger partial charge on any atom is -0.481 e. The molecule has 0 aromatic heterocycles. The van der Waals surface area contributed by atoms with E-state index >= 15 is 0 Å². The van der Waals surface area contributed by atoms with Gasteiger partial charge in [-0.1, -0.05) is 15.9 Å². The van der Waals surface area contributed by atoms with E-state index in [2.05, 4.69) is 21.2 Å². The molecule has 1 amide bonds. The molecule has 0 rings (SSSR count). The number of carbonyl (C=O) groups excluding carboxylic acids is 1. The minimum absolute atomic E-state index is 0.00172. The lowest BCUT2D eigenvalue weighted by Gasteiger charge is -2.08. The SMILES string of the molecule is O=C(O)CCOCCOCCOCCOCCOCCOCCOCCOCCNC(=O)CBr. The summed E-state index contributed by atoms with van der Waals surface area (Å²) in [6.45, 7) is 7.62. The molecule has 202 valence electrons. The van der Waals surface area contributed by atoms with Gasteiger partial charge in [0.1, 0.15) is 0 Å². The molecule has 0 saturated carbocycles. The number of nitrogens with one attached hydrogen (secondary N) is 1. The first-order chi connectivity index (χ1) is 16.7. The van der Waals surface area contributed by atoms with Crippen LogP contribution in [0, 0.1) is 0 Å². The van der Waals surface area contributed by atoms with Crippen LogP contribution in [-0.4, -0.2) is 135 Å². The van der Waals surface area contributed by atoms with E-state index in [-0.39, 0.29) is 18.9 Å². The van der Waals surface area contributed by atoms with E-state index < -0.39 is 5.97 Å². The van der Waals surface area contributed by atoms with Crippen molar-refractivity contribution >= 4 is 27.8 Å². The van der Waals surface area contributed by atoms with Crippen LogP contribution in [0.25, 0.3) is 0 Å². The molecule has 0 spiro atoms. The van der Waals surface area contributed by atoms with Gasteiger partial charge in [-0.2, -0.15) is 0 Å². The highest BCUT2D eigenvalue weighted by atomic mass is 79.9. The molecule has 0 aliphatic heterocycles. The van der Waals surface area contributed by atoms with Crippen LogP contribution in [0.1, 0.15) is 6.42 Å². The van der Waals surface area contributed by atoms with Crippen LogP contribution in [0.15, 0.2) is 0 Å². The maximum absolute atomic E-state index is 11.0. The summed E-state index contributed by atoms with van der Waals surface area (Å²) in [5, 5.41) is 11.4. The summed E-state index contributed by atoms with van der Waals surface area (Å²) in [6, 6.07) is 0. The number of aliphatic carboxylic acids is 1. The van der Waals surface area contributed by atoms with Crippen LogP contribution in [0.2, 0.25) is 0 Å². The zero-order valence-corrected chi connectivity index (χ0v) is 21.4. The van der Waals surface area contributed by atoms with Gasteiger partial charge < -0.3 is 48.3 Å². The monoisotopic (exact) mass is 561 g/mol. The molecule has 34 heavy (non-hydrogen) atoms. The Hall–Kier alpha value is -0.900. The van der Waals surface area contributed by atoms with Gasteiger partial charge in [-0.3, -0.25) is 9.59 Å². The number of alkyl halides is 1. The molecular weight excluding hydrogens is 522 g/mol. The van der Waals surface area contributed by atoms with Crippen molar-refractivity contribution in [3.05, 3.63) is 0 Å². The highest BCUT2D eigenvalue weighted by Gasteiger charge is 1.98. The Morgan fingerprint density at radius 3 is 1.12 bits per heavy atom. The quantitative estimate of drug-likeness (QED) is 0.0992. The van der Waals surface area contributed by atoms with Gasteiger partial charge in [0.15, 0.2) is 0 Å². The van der Waals surface area contributed by atoms with Crippen LogP contribution in [0.4, 0.5) is 0 Å². The molecule has 0 aromatic rings. The third-order valence-corrected chi connectivity index (χ3v) is 4.26. The van der Waals surface area contributed by atoms with Gasteiger partial charge >= 0.3 is 5.97 Å². The molecule has 0 aliphatic carbocycles. The smallest absolute Gasteiger partial charge is 0.305 e. The highest BCUT2D eigenvalue weighted by Crippen LogP contribution is 1.87. The van der Waals surface area contributed by atoms with Crippen molar-refractivity contribution in [2.75, 3.05) is 118 Å². The average molecular weight is 562 g/mol. The van der Waals surface area contributed by atoms with Gasteiger partial charge in [0.05, 0.1) is 117 Å². The highest BCUT2D eigenvalue weighted by molar-refractivity contribution is 9.09. The Labute approximate surface area is 209 Å². The molecule has 0 bridgehead atoms. The largest absolute Gasteiger partial charge is 0.481 e. The fourth-order valence-corrected chi connectivity index (χ4v) is 2.31. The number of carbonyl (C=O) groups is 2. The average Bonchev–Trinajstić information content (AvgIpc) is 2.83. The molecule has 0 radical (unpaired) electrons. The fraction of sp³-hybridized carbons (Fsp3) is 0.905. The summed E-state index contributed by atoms with van der Waals surface area (Å²) in [4.78, 5) is 21.3. The van der Waals surface area contributed by atoms with Gasteiger partial charge in [-0.15, -0.1) is 0 Å². The van der Waals surface area contributed by atoms with E-state index in [9.17, 15) is 9.59 Å². The van der Waals surface area contributed by atoms with Gasteiger partial charge in [0, 0.05) is 6.54 Å². The van der Waals surface area contributed by atoms with E-state index in [0.29, 0.717) is 111 Å². The van der Waals surface area contributed by atoms with Crippen molar-refractivity contribution in [3.63, 3.8) is 0 Å². The lowest BCUT2D eigenvalue weighted by Crippen LogP contribution is -2.28. The number of carboxylic acids is 1. The first-order valence-electron chi connectivity index (χ1n) is 11.3. The zero-order chi connectivity index (χ0) is 25.0. The summed E-state index contributed by atoms with van der Waals surface area (Å²) in [6.07, 6.45) is -0.00172. The minimum atomic E-state index is -0.875. The number of halogens is 1. The van der Waals surface area contributed by atoms with E-state index in [4.69, 9.17) is 43.0 Å². The molecule has 0 unspecified atom stereocenters. The maximum Gasteiger partial charge on any atom is 0.305 e. The van der Waals surface area contributed by atoms with E-state index in [1.807, 2.05) is 0 Å². The van der Waals surface area contributed by atoms with Crippen molar-refractivity contribution in [2.45, 2.75) is 6.42 Å². The third kappa shape index (κ3) is 29.1. The molecule has 12 nitrogen and oxygen atoms in total. The normalized spacial score (nSPS) is 11.1. The molecule has 0 atom stereocenters. The maximum atomic E-state index is 11.0. The standard InChI is InChI=1S/C21H40BrNO11/c22-19-20(24)23-2-4-28-6-8-30-10-12-32-14-16-34-18-17-33-15-13-31-11-9-29-7-5-27-3-1-21(25)26/h1-19H2,(H,23,24)(H,25,26). The van der Waals surface area contributed by atoms with Crippen LogP contribution < -0.4 is 5.32 Å². The van der Waals surface area contributed by atoms with Crippen molar-refractivity contribution in [1.29, 1.82) is 0 Å². The summed E-state index contributed by atoms with van der Waals surface area (Å²) < 4.78 is 42.6. The number of rotatable bonds is 28. The zero-order valence-electron chi connectivity index (χ0n) is 19.8. The summed E-state index contributed by atoms with van der Waals surface area (Å²) in [7, 11) is 0. The van der Waals surface area contributed by atoms with Crippen LogP contribution >= 0.6 is 15.9 Å². The summed E-state index contributed by atoms with van der Waals surface area (Å²) in [5.41, 5.74) is 0. The van der Waals surface area contributed by atoms with Crippen molar-refractivity contribution in [2.24, 2.45) is 0 Å². The Kier molecular flexibility index (Phi) is 27.6. The number of carboxylic acid groups (broad SMARTS) is 1. The first-order valence-corrected chi connectivity index (χ1v) is 12.5. The molecule has 0 fully saturated rings. The van der Waals surface area contributed by atoms with E-state index in [1.165, 1.54) is 0 Å². The van der Waals surface area contributed by atoms with Crippen molar-refractivity contribution < 1.29 is 52.6 Å². The van der Waals surface area contributed by atoms with E-state index in [0.717, 1.165) is 0 Å². The number of hydrogen-bond acceptors (Lipinski definition) is 10. The number of amides is 1. The lowest BCUT2D eigenvalue weighted by atomic mass is 10.5. The lowest BCUT2D eigenvalue weighted by molar-refractivity contribution is -0.138. The molecular formula is C21H40BrNO11. The second-order valence-electron chi connectivity index (χ2n) is 6.53. The molecule has 2 N–H and O–H groups in total. The topological polar surface area (TPSA) is 140 Å². The second kappa shape index (κ2) is 28.3. The molecule has 0 saturated heterocycles. The molecule has 0 aliphatic rings. The van der Waals surface area contributed by atoms with Crippen LogP contribution in [-0.2, 0) is 47.5 Å². The Bertz CT molecular complexity index is 460. The molecule has 0 aromatic carbocycles. The van der Waals surface area contributed by atoms with Crippen molar-refractivity contribution in [3.8, 4) is 0 Å². The second-order valence-corrected chi connectivity index (χ2v) is 7.09. The Morgan fingerprint density at radius 1 is 0.529 bits per heavy atom. The first kappa shape index (κ1) is 33.1. The third-order valence-electron chi connectivity index (χ3n) is 3.75. The Morgan fingerprint density at radius 2 is 0.824 bits per heavy atom. The van der Waals surface area contributed by atoms with E-state index in [1.54, 1.807) is 0 Å². The van der Waals surface area contributed by atoms with Crippen LogP contribution in [0.3, 0.4) is 0 Å². The number of ether oxygens (including phenoxy) is 8. The van der Waals surface area contributed by atoms with Gasteiger partial charge in [0.2, 0.25) is 5.91 Å². The number of hydrogen-bond donors (Lipinski definition) is 2. The molecule has 0 heterocycles. The summed E-state index contributed by atoms with van der Waals surface area (Å²) >= 11 is 3.07. The molecule has 13 heteroatoms. The van der Waals surface area contributed by atoms with Crippen molar-refractivity contribution in [1.82, 2.24) is 5.32 Å². The predicted molar refractivity (Wildman–Crippen MR) is 126 cm³/mol. The van der Waals surface area contributed by atoms with Gasteiger partial charge in [-0.05, 0) is 0 Å². The predicted octanol–water partition coefficient (Wildman–Crippen LogP) is 0.105. The van der Waals surface area contributed by atoms with Gasteiger partial charge in [0.25, 0.3) is 0 Å². The van der Waals surface area contributed by atoms with Gasteiger partial charge in [-0.25, -0.2) is 0 Å². The van der Waals surface area contributed by atoms with Crippen LogP contribution in [0.5, 0.6) is 0 Å². The summed E-state index contributed by atoms with van der Waals surface area (Å²) in [5.74, 6) is -0.936. The fourth-order valence-electron chi connectivity index (χ4n) is 2.11. The Balaban J connectivity index is 3.04.